The van der Waals surface area contributed by atoms with Crippen molar-refractivity contribution in [1.82, 2.24) is 9.78 Å². The second kappa shape index (κ2) is 5.78. The molecule has 2 rings (SSSR count). The molecule has 1 saturated carbocycles. The van der Waals surface area contributed by atoms with Gasteiger partial charge in [0, 0.05) is 20.7 Å². The molecule has 0 spiro atoms. The van der Waals surface area contributed by atoms with Crippen molar-refractivity contribution in [2.75, 3.05) is 19.0 Å². The van der Waals surface area contributed by atoms with Gasteiger partial charge in [-0.3, -0.25) is 10.1 Å². The molecule has 0 saturated heterocycles. The van der Waals surface area contributed by atoms with Crippen LogP contribution >= 0.6 is 0 Å². The third kappa shape index (κ3) is 2.63. The van der Waals surface area contributed by atoms with E-state index in [4.69, 9.17) is 4.74 Å². The van der Waals surface area contributed by atoms with Crippen molar-refractivity contribution in [3.63, 3.8) is 0 Å². The van der Waals surface area contributed by atoms with E-state index in [2.05, 4.69) is 10.4 Å². The van der Waals surface area contributed by atoms with Gasteiger partial charge in [-0.25, -0.2) is 4.68 Å². The van der Waals surface area contributed by atoms with E-state index in [0.29, 0.717) is 24.5 Å². The van der Waals surface area contributed by atoms with Crippen LogP contribution in [0, 0.1) is 10.1 Å². The summed E-state index contributed by atoms with van der Waals surface area (Å²) in [5.41, 5.74) is 0.464. The first-order chi connectivity index (χ1) is 9.53. The number of aromatic nitrogens is 2. The van der Waals surface area contributed by atoms with E-state index >= 15 is 0 Å². The van der Waals surface area contributed by atoms with Crippen LogP contribution in [0.3, 0.4) is 0 Å². The minimum atomic E-state index is -0.347. The monoisotopic (exact) mass is 282 g/mol. The predicted molar refractivity (Wildman–Crippen MR) is 75.9 cm³/mol. The molecular formula is C13H22N4O3. The molecule has 0 radical (unpaired) electrons. The molecule has 1 aliphatic carbocycles. The fourth-order valence-electron chi connectivity index (χ4n) is 2.63. The fraction of sp³-hybridized carbons (Fsp3) is 0.769. The number of hydrogen-bond donors (Lipinski definition) is 1. The molecule has 0 aromatic carbocycles. The van der Waals surface area contributed by atoms with Crippen molar-refractivity contribution in [3.05, 3.63) is 15.8 Å². The molecule has 7 nitrogen and oxygen atoms in total. The summed E-state index contributed by atoms with van der Waals surface area (Å²) in [6, 6.07) is 0. The van der Waals surface area contributed by atoms with Gasteiger partial charge in [-0.15, -0.1) is 0 Å². The molecular weight excluding hydrogens is 260 g/mol. The van der Waals surface area contributed by atoms with Crippen LogP contribution in [0.2, 0.25) is 0 Å². The Hall–Kier alpha value is -1.63. The average Bonchev–Trinajstić information content (AvgIpc) is 2.65. The van der Waals surface area contributed by atoms with E-state index < -0.39 is 0 Å². The third-order valence-electron chi connectivity index (χ3n) is 4.04. The number of nitro groups is 1. The zero-order valence-electron chi connectivity index (χ0n) is 12.3. The first-order valence-electron chi connectivity index (χ1n) is 7.02. The Morgan fingerprint density at radius 2 is 2.25 bits per heavy atom. The number of ether oxygens (including phenoxy) is 1. The van der Waals surface area contributed by atoms with Crippen molar-refractivity contribution < 1.29 is 9.66 Å². The maximum atomic E-state index is 11.3. The van der Waals surface area contributed by atoms with Crippen LogP contribution in [0.4, 0.5) is 11.5 Å². The van der Waals surface area contributed by atoms with E-state index in [1.165, 1.54) is 0 Å². The van der Waals surface area contributed by atoms with E-state index in [1.807, 2.05) is 6.92 Å². The number of nitrogens with zero attached hydrogens (tertiary/aromatic N) is 3. The quantitative estimate of drug-likeness (QED) is 0.612. The number of methoxy groups -OCH3 is 1. The van der Waals surface area contributed by atoms with Crippen molar-refractivity contribution in [2.24, 2.45) is 7.05 Å². The zero-order chi connectivity index (χ0) is 14.8. The molecule has 0 bridgehead atoms. The van der Waals surface area contributed by atoms with Gasteiger partial charge >= 0.3 is 5.69 Å². The highest BCUT2D eigenvalue weighted by Gasteiger charge is 2.38. The summed E-state index contributed by atoms with van der Waals surface area (Å²) in [6.07, 6.45) is 4.57. The molecule has 0 atom stereocenters. The minimum Gasteiger partial charge on any atom is -0.376 e. The van der Waals surface area contributed by atoms with E-state index in [-0.39, 0.29) is 16.2 Å². The van der Waals surface area contributed by atoms with Gasteiger partial charge in [-0.05, 0) is 25.7 Å². The standard InChI is InChI=1S/C13H22N4O3/c1-4-6-10-11(17(18)19)12(16(2)15-10)14-9-13(20-3)7-5-8-13/h14H,4-9H2,1-3H3. The van der Waals surface area contributed by atoms with Crippen molar-refractivity contribution in [2.45, 2.75) is 44.6 Å². The highest BCUT2D eigenvalue weighted by atomic mass is 16.6. The predicted octanol–water partition coefficient (Wildman–Crippen LogP) is 2.26. The van der Waals surface area contributed by atoms with Crippen LogP contribution in [0.5, 0.6) is 0 Å². The van der Waals surface area contributed by atoms with Gasteiger partial charge < -0.3 is 10.1 Å². The number of aryl methyl sites for hydroxylation is 2. The number of anilines is 1. The molecule has 0 aliphatic heterocycles. The smallest absolute Gasteiger partial charge is 0.333 e. The molecule has 1 heterocycles. The molecule has 0 unspecified atom stereocenters. The Morgan fingerprint density at radius 1 is 1.55 bits per heavy atom. The topological polar surface area (TPSA) is 82.2 Å². The van der Waals surface area contributed by atoms with Crippen LogP contribution in [-0.4, -0.2) is 34.0 Å². The first kappa shape index (κ1) is 14.8. The molecule has 0 amide bonds. The summed E-state index contributed by atoms with van der Waals surface area (Å²) in [5.74, 6) is 0.474. The summed E-state index contributed by atoms with van der Waals surface area (Å²) in [5, 5.41) is 18.7. The summed E-state index contributed by atoms with van der Waals surface area (Å²) < 4.78 is 7.09. The maximum Gasteiger partial charge on any atom is 0.333 e. The molecule has 1 fully saturated rings. The van der Waals surface area contributed by atoms with Gasteiger partial charge in [0.25, 0.3) is 0 Å². The van der Waals surface area contributed by atoms with E-state index in [1.54, 1.807) is 18.8 Å². The summed E-state index contributed by atoms with van der Waals surface area (Å²) in [4.78, 5) is 10.9. The van der Waals surface area contributed by atoms with Gasteiger partial charge in [0.15, 0.2) is 0 Å². The second-order valence-electron chi connectivity index (χ2n) is 5.37. The lowest BCUT2D eigenvalue weighted by molar-refractivity contribution is -0.384. The lowest BCUT2D eigenvalue weighted by Gasteiger charge is -2.40. The van der Waals surface area contributed by atoms with Gasteiger partial charge in [-0.2, -0.15) is 5.10 Å². The van der Waals surface area contributed by atoms with Gasteiger partial charge in [0.1, 0.15) is 5.69 Å². The Kier molecular flexibility index (Phi) is 4.27. The number of rotatable bonds is 7. The Bertz CT molecular complexity index is 489. The van der Waals surface area contributed by atoms with Gasteiger partial charge in [0.05, 0.1) is 10.5 Å². The molecule has 20 heavy (non-hydrogen) atoms. The van der Waals surface area contributed by atoms with E-state index in [0.717, 1.165) is 25.7 Å². The highest BCUT2D eigenvalue weighted by Crippen LogP contribution is 2.36. The first-order valence-corrected chi connectivity index (χ1v) is 7.02. The Morgan fingerprint density at radius 3 is 2.70 bits per heavy atom. The van der Waals surface area contributed by atoms with Gasteiger partial charge in [-0.1, -0.05) is 13.3 Å². The van der Waals surface area contributed by atoms with Crippen LogP contribution in [0.1, 0.15) is 38.3 Å². The molecule has 1 N–H and O–H groups in total. The SMILES string of the molecule is CCCc1nn(C)c(NCC2(OC)CCC2)c1[N+](=O)[O-]. The van der Waals surface area contributed by atoms with Crippen LogP contribution in [-0.2, 0) is 18.2 Å². The summed E-state index contributed by atoms with van der Waals surface area (Å²) in [6.45, 7) is 2.56. The lowest BCUT2D eigenvalue weighted by Crippen LogP contribution is -2.45. The molecule has 1 aromatic rings. The second-order valence-corrected chi connectivity index (χ2v) is 5.37. The molecule has 112 valence electrons. The Labute approximate surface area is 118 Å². The van der Waals surface area contributed by atoms with Crippen LogP contribution < -0.4 is 5.32 Å². The summed E-state index contributed by atoms with van der Waals surface area (Å²) >= 11 is 0. The average molecular weight is 282 g/mol. The Balaban J connectivity index is 2.19. The number of nitrogens with one attached hydrogen (secondary N) is 1. The minimum absolute atomic E-state index is 0.0972. The lowest BCUT2D eigenvalue weighted by atomic mass is 9.80. The van der Waals surface area contributed by atoms with Crippen molar-refractivity contribution in [3.8, 4) is 0 Å². The zero-order valence-corrected chi connectivity index (χ0v) is 12.3. The van der Waals surface area contributed by atoms with Crippen LogP contribution in [0.25, 0.3) is 0 Å². The van der Waals surface area contributed by atoms with Crippen molar-refractivity contribution in [1.29, 1.82) is 0 Å². The molecule has 1 aromatic heterocycles. The molecule has 1 aliphatic rings. The molecule has 7 heteroatoms. The largest absolute Gasteiger partial charge is 0.376 e. The van der Waals surface area contributed by atoms with Crippen molar-refractivity contribution >= 4 is 11.5 Å². The number of hydrogen-bond acceptors (Lipinski definition) is 5. The van der Waals surface area contributed by atoms with Crippen LogP contribution in [0.15, 0.2) is 0 Å². The third-order valence-corrected chi connectivity index (χ3v) is 4.04. The maximum absolute atomic E-state index is 11.3. The highest BCUT2D eigenvalue weighted by molar-refractivity contribution is 5.60. The summed E-state index contributed by atoms with van der Waals surface area (Å²) in [7, 11) is 3.43. The van der Waals surface area contributed by atoms with E-state index in [9.17, 15) is 10.1 Å². The normalized spacial score (nSPS) is 16.8. The van der Waals surface area contributed by atoms with Gasteiger partial charge in [0.2, 0.25) is 5.82 Å². The fourth-order valence-corrected chi connectivity index (χ4v) is 2.63.